The highest BCUT2D eigenvalue weighted by atomic mass is 35.5. The van der Waals surface area contributed by atoms with E-state index in [0.29, 0.717) is 30.6 Å². The van der Waals surface area contributed by atoms with Gasteiger partial charge in [0.05, 0.1) is 11.0 Å². The van der Waals surface area contributed by atoms with Crippen molar-refractivity contribution in [2.24, 2.45) is 0 Å². The standard InChI is InChI=1S/C23H30ClN3O2S/c1-16(19-4-3-5-21(24)14-19)27-22-11-10-20(15-22)17-6-8-18(9-7-17)23(28)25-12-13-26-30(2)29/h3-9,14,16,20,22,26-27H,10-13,15H2,1-2H3,(H,25,28). The van der Waals surface area contributed by atoms with Crippen LogP contribution in [0.3, 0.4) is 0 Å². The van der Waals surface area contributed by atoms with E-state index in [1.807, 2.05) is 30.3 Å². The first-order chi connectivity index (χ1) is 14.4. The number of amides is 1. The second kappa shape index (κ2) is 11.0. The summed E-state index contributed by atoms with van der Waals surface area (Å²) in [6.07, 6.45) is 4.95. The van der Waals surface area contributed by atoms with E-state index in [2.05, 4.69) is 40.5 Å². The van der Waals surface area contributed by atoms with E-state index in [-0.39, 0.29) is 11.9 Å². The van der Waals surface area contributed by atoms with Gasteiger partial charge >= 0.3 is 0 Å². The van der Waals surface area contributed by atoms with Gasteiger partial charge in [-0.05, 0) is 67.5 Å². The van der Waals surface area contributed by atoms with Crippen molar-refractivity contribution in [2.75, 3.05) is 19.3 Å². The lowest BCUT2D eigenvalue weighted by Gasteiger charge is -2.20. The van der Waals surface area contributed by atoms with Crippen molar-refractivity contribution in [1.29, 1.82) is 0 Å². The van der Waals surface area contributed by atoms with E-state index in [1.165, 1.54) is 11.1 Å². The van der Waals surface area contributed by atoms with Crippen molar-refractivity contribution < 1.29 is 9.00 Å². The molecule has 2 aromatic carbocycles. The molecule has 2 aromatic rings. The Hall–Kier alpha value is -1.73. The van der Waals surface area contributed by atoms with Gasteiger partial charge < -0.3 is 10.6 Å². The molecule has 4 atom stereocenters. The van der Waals surface area contributed by atoms with Gasteiger partial charge in [-0.2, -0.15) is 0 Å². The van der Waals surface area contributed by atoms with Crippen LogP contribution in [0, 0.1) is 0 Å². The lowest BCUT2D eigenvalue weighted by atomic mass is 9.96. The van der Waals surface area contributed by atoms with Gasteiger partial charge in [-0.1, -0.05) is 35.9 Å². The first kappa shape index (κ1) is 22.9. The van der Waals surface area contributed by atoms with E-state index < -0.39 is 11.0 Å². The quantitative estimate of drug-likeness (QED) is 0.510. The second-order valence-corrected chi connectivity index (χ2v) is 9.51. The van der Waals surface area contributed by atoms with Crippen LogP contribution in [-0.4, -0.2) is 35.5 Å². The lowest BCUT2D eigenvalue weighted by molar-refractivity contribution is 0.0954. The van der Waals surface area contributed by atoms with E-state index in [1.54, 1.807) is 6.26 Å². The van der Waals surface area contributed by atoms with E-state index >= 15 is 0 Å². The third-order valence-corrected chi connectivity index (χ3v) is 6.47. The Kier molecular flexibility index (Phi) is 8.45. The number of halogens is 1. The van der Waals surface area contributed by atoms with Gasteiger partial charge in [-0.3, -0.25) is 4.79 Å². The van der Waals surface area contributed by atoms with Gasteiger partial charge in [0.25, 0.3) is 5.91 Å². The number of hydrogen-bond donors (Lipinski definition) is 3. The van der Waals surface area contributed by atoms with Gasteiger partial charge in [0, 0.05) is 42.0 Å². The maximum atomic E-state index is 12.2. The molecule has 4 unspecified atom stereocenters. The van der Waals surface area contributed by atoms with Crippen LogP contribution in [0.15, 0.2) is 48.5 Å². The van der Waals surface area contributed by atoms with Gasteiger partial charge in [0.2, 0.25) is 0 Å². The molecule has 1 saturated carbocycles. The fraction of sp³-hybridized carbons (Fsp3) is 0.435. The molecule has 3 N–H and O–H groups in total. The van der Waals surface area contributed by atoms with Crippen molar-refractivity contribution in [1.82, 2.24) is 15.4 Å². The Balaban J connectivity index is 1.49. The number of nitrogens with one attached hydrogen (secondary N) is 3. The fourth-order valence-corrected chi connectivity index (χ4v) is 4.63. The van der Waals surface area contributed by atoms with Crippen molar-refractivity contribution in [3.8, 4) is 0 Å². The van der Waals surface area contributed by atoms with E-state index in [0.717, 1.165) is 24.3 Å². The summed E-state index contributed by atoms with van der Waals surface area (Å²) >= 11 is 6.12. The molecule has 1 amide bonds. The molecule has 0 aromatic heterocycles. The predicted octanol–water partition coefficient (Wildman–Crippen LogP) is 3.94. The normalized spacial score (nSPS) is 20.6. The van der Waals surface area contributed by atoms with Crippen molar-refractivity contribution in [2.45, 2.75) is 44.2 Å². The fourth-order valence-electron chi connectivity index (χ4n) is 4.04. The number of carbonyl (C=O) groups is 1. The third kappa shape index (κ3) is 6.64. The SMILES string of the molecule is CC(NC1CCC(c2ccc(C(=O)NCCNS(C)=O)cc2)C1)c1cccc(Cl)c1. The summed E-state index contributed by atoms with van der Waals surface area (Å²) in [7, 11) is -1.06. The highest BCUT2D eigenvalue weighted by Gasteiger charge is 2.27. The van der Waals surface area contributed by atoms with Crippen LogP contribution in [0.5, 0.6) is 0 Å². The molecule has 30 heavy (non-hydrogen) atoms. The Labute approximate surface area is 186 Å². The molecular weight excluding hydrogens is 418 g/mol. The first-order valence-electron chi connectivity index (χ1n) is 10.4. The summed E-state index contributed by atoms with van der Waals surface area (Å²) in [5.41, 5.74) is 3.15. The van der Waals surface area contributed by atoms with Crippen LogP contribution in [0.1, 0.15) is 59.6 Å². The molecular formula is C23H30ClN3O2S. The molecule has 5 nitrogen and oxygen atoms in total. The number of benzene rings is 2. The minimum Gasteiger partial charge on any atom is -0.351 e. The van der Waals surface area contributed by atoms with Crippen LogP contribution in [0.25, 0.3) is 0 Å². The summed E-state index contributed by atoms with van der Waals surface area (Å²) in [5.74, 6) is 0.404. The summed E-state index contributed by atoms with van der Waals surface area (Å²) in [4.78, 5) is 12.2. The second-order valence-electron chi connectivity index (χ2n) is 7.88. The molecule has 162 valence electrons. The molecule has 1 aliphatic rings. The minimum atomic E-state index is -1.06. The van der Waals surface area contributed by atoms with Crippen LogP contribution >= 0.6 is 11.6 Å². The number of carbonyl (C=O) groups excluding carboxylic acids is 1. The van der Waals surface area contributed by atoms with Gasteiger partial charge in [0.15, 0.2) is 0 Å². The Morgan fingerprint density at radius 1 is 1.17 bits per heavy atom. The predicted molar refractivity (Wildman–Crippen MR) is 124 cm³/mol. The van der Waals surface area contributed by atoms with Crippen molar-refractivity contribution in [3.63, 3.8) is 0 Å². The minimum absolute atomic E-state index is 0.105. The Morgan fingerprint density at radius 2 is 1.93 bits per heavy atom. The molecule has 3 rings (SSSR count). The number of hydrogen-bond acceptors (Lipinski definition) is 3. The van der Waals surface area contributed by atoms with Crippen LogP contribution in [0.4, 0.5) is 0 Å². The molecule has 0 radical (unpaired) electrons. The monoisotopic (exact) mass is 447 g/mol. The van der Waals surface area contributed by atoms with E-state index in [9.17, 15) is 9.00 Å². The first-order valence-corrected chi connectivity index (χ1v) is 12.3. The molecule has 7 heteroatoms. The lowest BCUT2D eigenvalue weighted by Crippen LogP contribution is -2.32. The van der Waals surface area contributed by atoms with Crippen LogP contribution < -0.4 is 15.4 Å². The Bertz CT molecular complexity index is 875. The van der Waals surface area contributed by atoms with E-state index in [4.69, 9.17) is 11.6 Å². The van der Waals surface area contributed by atoms with Gasteiger partial charge in [-0.15, -0.1) is 0 Å². The van der Waals surface area contributed by atoms with Gasteiger partial charge in [-0.25, -0.2) is 8.93 Å². The molecule has 1 fully saturated rings. The zero-order valence-electron chi connectivity index (χ0n) is 17.5. The molecule has 0 saturated heterocycles. The molecule has 1 aliphatic carbocycles. The molecule has 0 bridgehead atoms. The van der Waals surface area contributed by atoms with Crippen LogP contribution in [0.2, 0.25) is 5.02 Å². The molecule has 0 heterocycles. The van der Waals surface area contributed by atoms with Crippen molar-refractivity contribution >= 4 is 28.5 Å². The molecule has 0 aliphatic heterocycles. The molecule has 0 spiro atoms. The summed E-state index contributed by atoms with van der Waals surface area (Å²) in [5, 5.41) is 7.34. The maximum absolute atomic E-state index is 12.2. The zero-order valence-corrected chi connectivity index (χ0v) is 19.1. The largest absolute Gasteiger partial charge is 0.351 e. The van der Waals surface area contributed by atoms with Crippen molar-refractivity contribution in [3.05, 3.63) is 70.2 Å². The summed E-state index contributed by atoms with van der Waals surface area (Å²) in [6.45, 7) is 3.11. The smallest absolute Gasteiger partial charge is 0.251 e. The average molecular weight is 448 g/mol. The summed E-state index contributed by atoms with van der Waals surface area (Å²) in [6, 6.07) is 16.7. The van der Waals surface area contributed by atoms with Gasteiger partial charge in [0.1, 0.15) is 0 Å². The number of rotatable bonds is 9. The zero-order chi connectivity index (χ0) is 21.5. The third-order valence-electron chi connectivity index (χ3n) is 5.63. The highest BCUT2D eigenvalue weighted by Crippen LogP contribution is 2.35. The Morgan fingerprint density at radius 3 is 2.63 bits per heavy atom. The maximum Gasteiger partial charge on any atom is 0.251 e. The summed E-state index contributed by atoms with van der Waals surface area (Å²) < 4.78 is 13.7. The van der Waals surface area contributed by atoms with Crippen LogP contribution in [-0.2, 0) is 11.0 Å². The average Bonchev–Trinajstić information content (AvgIpc) is 3.19. The topological polar surface area (TPSA) is 70.2 Å². The highest BCUT2D eigenvalue weighted by molar-refractivity contribution is 7.82.